The van der Waals surface area contributed by atoms with Gasteiger partial charge in [0.1, 0.15) is 11.9 Å². The maximum Gasteiger partial charge on any atom is 0.177 e. The van der Waals surface area contributed by atoms with Crippen LogP contribution in [0, 0.1) is 5.92 Å². The first-order valence-corrected chi connectivity index (χ1v) is 19.8. The van der Waals surface area contributed by atoms with E-state index in [0.717, 1.165) is 39.8 Å². The van der Waals surface area contributed by atoms with Crippen LogP contribution in [0.5, 0.6) is 5.75 Å². The van der Waals surface area contributed by atoms with Gasteiger partial charge in [0.15, 0.2) is 5.78 Å². The van der Waals surface area contributed by atoms with Gasteiger partial charge in [0.25, 0.3) is 0 Å². The van der Waals surface area contributed by atoms with Crippen molar-refractivity contribution in [2.75, 3.05) is 0 Å². The standard InChI is InChI=1S/C55H40O2/c56-55-51-25-7-8-26-53(51)57-54-28-27-47(36-52(54)55)43-21-11-19-41(31-43)42-20-12-24-46(32-42)50-34-48(44-22-9-17-39(29-44)37-13-3-1-4-14-37)33-49(35-50)45-23-10-18-40(30-45)38-15-5-2-6-16-38/h1-15,17-36,38,52,54H,16H2. The van der Waals surface area contributed by atoms with Crippen molar-refractivity contribution in [2.45, 2.75) is 18.4 Å². The van der Waals surface area contributed by atoms with Gasteiger partial charge in [0, 0.05) is 5.92 Å². The number of hydrogen-bond donors (Lipinski definition) is 0. The van der Waals surface area contributed by atoms with Crippen LogP contribution in [0.4, 0.5) is 0 Å². The number of benzene rings is 7. The number of ether oxygens (including phenoxy) is 1. The van der Waals surface area contributed by atoms with Gasteiger partial charge < -0.3 is 4.74 Å². The van der Waals surface area contributed by atoms with Crippen LogP contribution in [0.2, 0.25) is 0 Å². The van der Waals surface area contributed by atoms with E-state index in [1.807, 2.05) is 30.3 Å². The molecule has 2 aliphatic carbocycles. The first kappa shape index (κ1) is 34.5. The molecule has 7 aromatic rings. The van der Waals surface area contributed by atoms with Crippen molar-refractivity contribution in [2.24, 2.45) is 5.92 Å². The number of carbonyl (C=O) groups is 1. The molecule has 272 valence electrons. The number of para-hydroxylation sites is 1. The summed E-state index contributed by atoms with van der Waals surface area (Å²) < 4.78 is 6.21. The van der Waals surface area contributed by atoms with Crippen LogP contribution in [0.1, 0.15) is 33.8 Å². The Hall–Kier alpha value is -7.03. The molecule has 0 saturated carbocycles. The minimum atomic E-state index is -0.349. The summed E-state index contributed by atoms with van der Waals surface area (Å²) in [6.45, 7) is 0. The molecule has 0 bridgehead atoms. The number of Topliss-reactive ketones (excluding diaryl/α,β-unsaturated/α-hetero) is 1. The highest BCUT2D eigenvalue weighted by atomic mass is 16.5. The summed E-state index contributed by atoms with van der Waals surface area (Å²) in [4.78, 5) is 13.5. The molecule has 0 amide bonds. The van der Waals surface area contributed by atoms with Crippen molar-refractivity contribution in [3.63, 3.8) is 0 Å². The minimum absolute atomic E-state index is 0.107. The normalized spacial score (nSPS) is 18.0. The molecule has 10 rings (SSSR count). The van der Waals surface area contributed by atoms with Crippen LogP contribution in [-0.2, 0) is 0 Å². The second-order valence-corrected chi connectivity index (χ2v) is 15.1. The van der Waals surface area contributed by atoms with Crippen molar-refractivity contribution in [3.8, 4) is 61.4 Å². The Morgan fingerprint density at radius 1 is 0.456 bits per heavy atom. The molecule has 0 spiro atoms. The molecule has 3 unspecified atom stereocenters. The van der Waals surface area contributed by atoms with Gasteiger partial charge in [-0.05, 0) is 133 Å². The molecular weight excluding hydrogens is 693 g/mol. The van der Waals surface area contributed by atoms with Crippen molar-refractivity contribution in [3.05, 3.63) is 229 Å². The predicted molar refractivity (Wildman–Crippen MR) is 235 cm³/mol. The quantitative estimate of drug-likeness (QED) is 0.163. The highest BCUT2D eigenvalue weighted by Gasteiger charge is 2.36. The van der Waals surface area contributed by atoms with Gasteiger partial charge in [-0.25, -0.2) is 0 Å². The maximum absolute atomic E-state index is 13.5. The molecule has 2 heteroatoms. The van der Waals surface area contributed by atoms with Crippen LogP contribution in [0.25, 0.3) is 61.2 Å². The van der Waals surface area contributed by atoms with Crippen molar-refractivity contribution in [1.29, 1.82) is 0 Å². The zero-order valence-electron chi connectivity index (χ0n) is 31.5. The lowest BCUT2D eigenvalue weighted by atomic mass is 9.83. The third kappa shape index (κ3) is 6.92. The second kappa shape index (κ2) is 14.9. The molecule has 7 aromatic carbocycles. The SMILES string of the molecule is O=C1c2ccccc2OC2C=CC(c3cccc(-c4cccc(-c5cc(-c6cccc(-c7ccccc7)c6)cc(-c6cccc(C7C=CC=CC7)c6)c5)c4)c3)=CC12. The van der Waals surface area contributed by atoms with E-state index >= 15 is 0 Å². The number of fused-ring (bicyclic) bond motifs is 2. The highest BCUT2D eigenvalue weighted by Crippen LogP contribution is 2.39. The molecule has 1 aliphatic heterocycles. The van der Waals surface area contributed by atoms with Crippen molar-refractivity contribution < 1.29 is 9.53 Å². The van der Waals surface area contributed by atoms with Crippen LogP contribution in [-0.4, -0.2) is 11.9 Å². The summed E-state index contributed by atoms with van der Waals surface area (Å²) in [7, 11) is 0. The average Bonchev–Trinajstić information content (AvgIpc) is 3.29. The fourth-order valence-electron chi connectivity index (χ4n) is 8.46. The molecule has 2 nitrogen and oxygen atoms in total. The number of hydrogen-bond acceptors (Lipinski definition) is 2. The number of allylic oxidation sites excluding steroid dienone is 6. The number of rotatable bonds is 7. The van der Waals surface area contributed by atoms with Crippen LogP contribution < -0.4 is 4.74 Å². The van der Waals surface area contributed by atoms with Gasteiger partial charge >= 0.3 is 0 Å². The van der Waals surface area contributed by atoms with Gasteiger partial charge in [-0.2, -0.15) is 0 Å². The van der Waals surface area contributed by atoms with Gasteiger partial charge in [-0.3, -0.25) is 4.79 Å². The van der Waals surface area contributed by atoms with Gasteiger partial charge in [0.05, 0.1) is 11.5 Å². The molecule has 1 heterocycles. The first-order valence-electron chi connectivity index (χ1n) is 19.8. The van der Waals surface area contributed by atoms with Crippen LogP contribution >= 0.6 is 0 Å². The van der Waals surface area contributed by atoms with E-state index in [0.29, 0.717) is 17.2 Å². The fourth-order valence-corrected chi connectivity index (χ4v) is 8.46. The highest BCUT2D eigenvalue weighted by molar-refractivity contribution is 6.04. The molecule has 3 atom stereocenters. The summed E-state index contributed by atoms with van der Waals surface area (Å²) in [5.74, 6) is 0.796. The Morgan fingerprint density at radius 2 is 0.982 bits per heavy atom. The zero-order chi connectivity index (χ0) is 38.1. The van der Waals surface area contributed by atoms with E-state index < -0.39 is 0 Å². The van der Waals surface area contributed by atoms with E-state index in [-0.39, 0.29) is 17.8 Å². The third-order valence-corrected chi connectivity index (χ3v) is 11.5. The van der Waals surface area contributed by atoms with Crippen molar-refractivity contribution in [1.82, 2.24) is 0 Å². The van der Waals surface area contributed by atoms with E-state index in [1.165, 1.54) is 38.9 Å². The third-order valence-electron chi connectivity index (χ3n) is 11.5. The second-order valence-electron chi connectivity index (χ2n) is 15.1. The number of carbonyl (C=O) groups excluding carboxylic acids is 1. The fraction of sp³-hybridized carbons (Fsp3) is 0.0727. The monoisotopic (exact) mass is 732 g/mol. The van der Waals surface area contributed by atoms with Crippen molar-refractivity contribution >= 4 is 11.4 Å². The topological polar surface area (TPSA) is 26.3 Å². The van der Waals surface area contributed by atoms with Crippen LogP contribution in [0.3, 0.4) is 0 Å². The molecule has 0 aromatic heterocycles. The zero-order valence-corrected chi connectivity index (χ0v) is 31.5. The number of ketones is 1. The average molecular weight is 733 g/mol. The summed E-state index contributed by atoms with van der Waals surface area (Å²) in [5, 5.41) is 0. The summed E-state index contributed by atoms with van der Waals surface area (Å²) in [6, 6.07) is 60.5. The van der Waals surface area contributed by atoms with Gasteiger partial charge in [-0.1, -0.05) is 158 Å². The van der Waals surface area contributed by atoms with E-state index in [4.69, 9.17) is 4.74 Å². The van der Waals surface area contributed by atoms with Gasteiger partial charge in [0.2, 0.25) is 0 Å². The van der Waals surface area contributed by atoms with E-state index in [2.05, 4.69) is 182 Å². The Morgan fingerprint density at radius 3 is 1.65 bits per heavy atom. The Balaban J connectivity index is 1.02. The summed E-state index contributed by atoms with van der Waals surface area (Å²) in [5.41, 5.74) is 15.8. The smallest absolute Gasteiger partial charge is 0.177 e. The first-order chi connectivity index (χ1) is 28.1. The molecule has 57 heavy (non-hydrogen) atoms. The maximum atomic E-state index is 13.5. The predicted octanol–water partition coefficient (Wildman–Crippen LogP) is 13.8. The summed E-state index contributed by atoms with van der Waals surface area (Å²) >= 11 is 0. The molecule has 0 fully saturated rings. The largest absolute Gasteiger partial charge is 0.484 e. The van der Waals surface area contributed by atoms with Gasteiger partial charge in [-0.15, -0.1) is 0 Å². The van der Waals surface area contributed by atoms with Crippen LogP contribution in [0.15, 0.2) is 212 Å². The molecular formula is C55H40O2. The van der Waals surface area contributed by atoms with E-state index in [1.54, 1.807) is 0 Å². The lowest BCUT2D eigenvalue weighted by Crippen LogP contribution is -2.36. The minimum Gasteiger partial charge on any atom is -0.484 e. The molecule has 3 aliphatic rings. The molecule has 0 N–H and O–H groups in total. The Bertz CT molecular complexity index is 2780. The Labute approximate surface area is 334 Å². The molecule has 0 saturated heterocycles. The lowest BCUT2D eigenvalue weighted by Gasteiger charge is -2.31. The molecule has 0 radical (unpaired) electrons. The van der Waals surface area contributed by atoms with E-state index in [9.17, 15) is 4.79 Å². The Kier molecular flexibility index (Phi) is 9.01. The lowest BCUT2D eigenvalue weighted by molar-refractivity contribution is 0.0807. The summed E-state index contributed by atoms with van der Waals surface area (Å²) in [6.07, 6.45) is 15.8.